The van der Waals surface area contributed by atoms with Crippen LogP contribution in [0, 0.1) is 6.92 Å². The molecular weight excluding hydrogens is 432 g/mol. The summed E-state index contributed by atoms with van der Waals surface area (Å²) in [6, 6.07) is 15.7. The standard InChI is InChI=1S/C26H30N4O4/c1-16-24-26(32)28-23(15-19-11-13-21(33-3)22(14-19)34-4)29-30(24)25(27-16)20(17(2)31)12-10-18-8-6-5-7-9-18/h5-9,11,13-14,17,20,31H,10,12,15H2,1-4H3,(H,28,29,32)/t17-,20+/m1/s1. The third-order valence-corrected chi connectivity index (χ3v) is 6.07. The summed E-state index contributed by atoms with van der Waals surface area (Å²) in [6.45, 7) is 3.55. The van der Waals surface area contributed by atoms with Crippen LogP contribution < -0.4 is 15.0 Å². The molecule has 0 unspecified atom stereocenters. The summed E-state index contributed by atoms with van der Waals surface area (Å²) in [6.07, 6.45) is 1.21. The summed E-state index contributed by atoms with van der Waals surface area (Å²) < 4.78 is 12.3. The Labute approximate surface area is 198 Å². The number of aliphatic hydroxyl groups excluding tert-OH is 1. The summed E-state index contributed by atoms with van der Waals surface area (Å²) in [5.41, 5.74) is 2.83. The lowest BCUT2D eigenvalue weighted by Gasteiger charge is -2.19. The predicted octanol–water partition coefficient (Wildman–Crippen LogP) is 3.43. The van der Waals surface area contributed by atoms with Crippen LogP contribution in [0.3, 0.4) is 0 Å². The van der Waals surface area contributed by atoms with Crippen molar-refractivity contribution in [2.45, 2.75) is 45.1 Å². The Hall–Kier alpha value is -3.65. The maximum Gasteiger partial charge on any atom is 0.277 e. The van der Waals surface area contributed by atoms with Crippen LogP contribution in [0.5, 0.6) is 11.5 Å². The molecule has 0 amide bonds. The largest absolute Gasteiger partial charge is 0.493 e. The number of nitrogens with one attached hydrogen (secondary N) is 1. The second-order valence-electron chi connectivity index (χ2n) is 8.45. The number of benzene rings is 2. The quantitative estimate of drug-likeness (QED) is 0.395. The molecule has 4 rings (SSSR count). The number of H-pyrrole nitrogens is 1. The molecule has 0 saturated carbocycles. The van der Waals surface area contributed by atoms with Crippen molar-refractivity contribution in [1.29, 1.82) is 0 Å². The number of aromatic nitrogens is 4. The lowest BCUT2D eigenvalue weighted by atomic mass is 9.94. The Morgan fingerprint density at radius 3 is 2.47 bits per heavy atom. The van der Waals surface area contributed by atoms with Gasteiger partial charge in [-0.1, -0.05) is 36.4 Å². The van der Waals surface area contributed by atoms with Gasteiger partial charge in [0.25, 0.3) is 5.56 Å². The molecule has 2 atom stereocenters. The maximum atomic E-state index is 13.0. The molecule has 34 heavy (non-hydrogen) atoms. The average molecular weight is 463 g/mol. The molecule has 0 fully saturated rings. The molecule has 8 heteroatoms. The highest BCUT2D eigenvalue weighted by Gasteiger charge is 2.25. The number of imidazole rings is 1. The summed E-state index contributed by atoms with van der Waals surface area (Å²) in [5, 5.41) is 15.3. The molecule has 8 nitrogen and oxygen atoms in total. The fraction of sp³-hybridized carbons (Fsp3) is 0.346. The van der Waals surface area contributed by atoms with Crippen molar-refractivity contribution < 1.29 is 14.6 Å². The Morgan fingerprint density at radius 2 is 1.79 bits per heavy atom. The fourth-order valence-corrected chi connectivity index (χ4v) is 4.29. The topological polar surface area (TPSA) is 102 Å². The van der Waals surface area contributed by atoms with Gasteiger partial charge in [0.1, 0.15) is 11.6 Å². The van der Waals surface area contributed by atoms with E-state index >= 15 is 0 Å². The number of hydrogen-bond acceptors (Lipinski definition) is 6. The first-order valence-corrected chi connectivity index (χ1v) is 11.3. The zero-order valence-corrected chi connectivity index (χ0v) is 19.9. The van der Waals surface area contributed by atoms with Crippen LogP contribution in [0.2, 0.25) is 0 Å². The molecule has 0 radical (unpaired) electrons. The first-order valence-electron chi connectivity index (χ1n) is 11.3. The van der Waals surface area contributed by atoms with Crippen molar-refractivity contribution in [1.82, 2.24) is 19.6 Å². The molecule has 0 aliphatic heterocycles. The third-order valence-electron chi connectivity index (χ3n) is 6.07. The van der Waals surface area contributed by atoms with Crippen LogP contribution in [0.15, 0.2) is 53.3 Å². The smallest absolute Gasteiger partial charge is 0.277 e. The van der Waals surface area contributed by atoms with Gasteiger partial charge in [0.05, 0.1) is 26.0 Å². The molecule has 0 aliphatic carbocycles. The van der Waals surface area contributed by atoms with E-state index in [0.717, 1.165) is 12.0 Å². The first kappa shape index (κ1) is 23.5. The van der Waals surface area contributed by atoms with Crippen LogP contribution in [0.4, 0.5) is 0 Å². The third kappa shape index (κ3) is 4.82. The van der Waals surface area contributed by atoms with E-state index < -0.39 is 6.10 Å². The van der Waals surface area contributed by atoms with E-state index in [-0.39, 0.29) is 11.5 Å². The molecule has 178 valence electrons. The van der Waals surface area contributed by atoms with Crippen molar-refractivity contribution in [2.24, 2.45) is 0 Å². The number of aryl methyl sites for hydroxylation is 2. The van der Waals surface area contributed by atoms with Crippen LogP contribution in [-0.2, 0) is 12.8 Å². The molecule has 2 aromatic heterocycles. The van der Waals surface area contributed by atoms with Crippen molar-refractivity contribution in [3.8, 4) is 11.5 Å². The zero-order chi connectivity index (χ0) is 24.2. The van der Waals surface area contributed by atoms with Gasteiger partial charge in [-0.25, -0.2) is 9.50 Å². The summed E-state index contributed by atoms with van der Waals surface area (Å²) in [7, 11) is 3.17. The molecule has 2 heterocycles. The number of aromatic amines is 1. The summed E-state index contributed by atoms with van der Waals surface area (Å²) >= 11 is 0. The van der Waals surface area contributed by atoms with Gasteiger partial charge in [-0.05, 0) is 49.9 Å². The van der Waals surface area contributed by atoms with Gasteiger partial charge < -0.3 is 19.6 Å². The number of rotatable bonds is 9. The second-order valence-corrected chi connectivity index (χ2v) is 8.45. The van der Waals surface area contributed by atoms with E-state index in [1.165, 1.54) is 5.56 Å². The van der Waals surface area contributed by atoms with Crippen molar-refractivity contribution >= 4 is 5.52 Å². The number of nitrogens with zero attached hydrogens (tertiary/aromatic N) is 3. The highest BCUT2D eigenvalue weighted by atomic mass is 16.5. The lowest BCUT2D eigenvalue weighted by Crippen LogP contribution is -2.22. The fourth-order valence-electron chi connectivity index (χ4n) is 4.29. The minimum absolute atomic E-state index is 0.255. The minimum atomic E-state index is -0.649. The van der Waals surface area contributed by atoms with Gasteiger partial charge in [-0.2, -0.15) is 5.10 Å². The van der Waals surface area contributed by atoms with Crippen LogP contribution in [0.1, 0.15) is 47.7 Å². The summed E-state index contributed by atoms with van der Waals surface area (Å²) in [5.74, 6) is 2.06. The Kier molecular flexibility index (Phi) is 6.98. The van der Waals surface area contributed by atoms with Gasteiger partial charge in [0.2, 0.25) is 0 Å². The molecule has 0 saturated heterocycles. The molecule has 2 N–H and O–H groups in total. The number of methoxy groups -OCH3 is 2. The second kappa shape index (κ2) is 10.1. The first-order chi connectivity index (χ1) is 16.4. The molecule has 2 aromatic carbocycles. The number of ether oxygens (including phenoxy) is 2. The average Bonchev–Trinajstić information content (AvgIpc) is 3.15. The van der Waals surface area contributed by atoms with Gasteiger partial charge in [0.15, 0.2) is 17.0 Å². The van der Waals surface area contributed by atoms with Crippen molar-refractivity contribution in [3.05, 3.63) is 87.4 Å². The van der Waals surface area contributed by atoms with E-state index in [9.17, 15) is 9.90 Å². The van der Waals surface area contributed by atoms with E-state index in [1.807, 2.05) is 36.4 Å². The van der Waals surface area contributed by atoms with Crippen molar-refractivity contribution in [3.63, 3.8) is 0 Å². The molecular formula is C26H30N4O4. The Balaban J connectivity index is 1.70. The normalized spacial score (nSPS) is 13.1. The molecule has 4 aromatic rings. The van der Waals surface area contributed by atoms with E-state index in [4.69, 9.17) is 14.6 Å². The van der Waals surface area contributed by atoms with Crippen LogP contribution in [0.25, 0.3) is 5.52 Å². The number of fused-ring (bicyclic) bond motifs is 1. The zero-order valence-electron chi connectivity index (χ0n) is 19.9. The van der Waals surface area contributed by atoms with E-state index in [0.29, 0.717) is 47.2 Å². The van der Waals surface area contributed by atoms with Crippen LogP contribution in [-0.4, -0.2) is 45.0 Å². The van der Waals surface area contributed by atoms with Gasteiger partial charge in [-0.15, -0.1) is 0 Å². The van der Waals surface area contributed by atoms with E-state index in [2.05, 4.69) is 22.1 Å². The lowest BCUT2D eigenvalue weighted by molar-refractivity contribution is 0.152. The van der Waals surface area contributed by atoms with Gasteiger partial charge in [0, 0.05) is 12.3 Å². The molecule has 0 aliphatic rings. The number of hydrogen-bond donors (Lipinski definition) is 2. The highest BCUT2D eigenvalue weighted by molar-refractivity contribution is 5.50. The number of aliphatic hydroxyl groups is 1. The Morgan fingerprint density at radius 1 is 1.06 bits per heavy atom. The maximum absolute atomic E-state index is 13.0. The summed E-state index contributed by atoms with van der Waals surface area (Å²) in [4.78, 5) is 20.5. The van der Waals surface area contributed by atoms with E-state index in [1.54, 1.807) is 32.6 Å². The monoisotopic (exact) mass is 462 g/mol. The highest BCUT2D eigenvalue weighted by Crippen LogP contribution is 2.29. The minimum Gasteiger partial charge on any atom is -0.493 e. The van der Waals surface area contributed by atoms with Gasteiger partial charge in [-0.3, -0.25) is 4.79 Å². The Bertz CT molecular complexity index is 1330. The van der Waals surface area contributed by atoms with Crippen molar-refractivity contribution in [2.75, 3.05) is 14.2 Å². The SMILES string of the molecule is COc1ccc(Cc2nn3c([C@@H](CCc4ccccc4)[C@@H](C)O)nc(C)c3c(=O)[nH]2)cc1OC. The molecule has 0 bridgehead atoms. The van der Waals surface area contributed by atoms with Crippen LogP contribution >= 0.6 is 0 Å². The molecule has 0 spiro atoms. The predicted molar refractivity (Wildman–Crippen MR) is 130 cm³/mol. The van der Waals surface area contributed by atoms with Gasteiger partial charge >= 0.3 is 0 Å².